The molecule has 2 aromatic carbocycles. The van der Waals surface area contributed by atoms with Gasteiger partial charge in [-0.2, -0.15) is 0 Å². The quantitative estimate of drug-likeness (QED) is 0.755. The van der Waals surface area contributed by atoms with Crippen LogP contribution in [0, 0.1) is 5.82 Å². The highest BCUT2D eigenvalue weighted by Gasteiger charge is 2.17. The maximum absolute atomic E-state index is 13.3. The second kappa shape index (κ2) is 4.93. The molecule has 0 atom stereocenters. The van der Waals surface area contributed by atoms with E-state index < -0.39 is 5.60 Å². The molecule has 0 fully saturated rings. The molecule has 5 heteroatoms. The lowest BCUT2D eigenvalue weighted by molar-refractivity contribution is 0.0787. The van der Waals surface area contributed by atoms with Gasteiger partial charge in [-0.05, 0) is 65.7 Å². The van der Waals surface area contributed by atoms with Crippen molar-refractivity contribution in [1.29, 1.82) is 0 Å². The monoisotopic (exact) mass is 348 g/mol. The number of aromatic nitrogens is 2. The van der Waals surface area contributed by atoms with Crippen LogP contribution < -0.4 is 0 Å². The molecule has 0 unspecified atom stereocenters. The van der Waals surface area contributed by atoms with Gasteiger partial charge in [0.1, 0.15) is 12.1 Å². The minimum atomic E-state index is -0.906. The molecule has 3 rings (SSSR count). The fourth-order valence-corrected chi connectivity index (χ4v) is 2.60. The van der Waals surface area contributed by atoms with Crippen LogP contribution >= 0.6 is 15.9 Å². The van der Waals surface area contributed by atoms with Crippen LogP contribution in [0.5, 0.6) is 0 Å². The third-order valence-corrected chi connectivity index (χ3v) is 4.04. The van der Waals surface area contributed by atoms with Gasteiger partial charge < -0.3 is 5.11 Å². The minimum Gasteiger partial charge on any atom is -0.386 e. The molecule has 0 amide bonds. The first-order valence-corrected chi connectivity index (χ1v) is 7.31. The average molecular weight is 349 g/mol. The van der Waals surface area contributed by atoms with Gasteiger partial charge in [0.05, 0.1) is 21.1 Å². The number of imidazole rings is 1. The van der Waals surface area contributed by atoms with Crippen LogP contribution in [0.1, 0.15) is 19.4 Å². The van der Waals surface area contributed by atoms with E-state index in [-0.39, 0.29) is 5.82 Å². The summed E-state index contributed by atoms with van der Waals surface area (Å²) in [4.78, 5) is 4.36. The highest BCUT2D eigenvalue weighted by Crippen LogP contribution is 2.26. The third-order valence-electron chi connectivity index (χ3n) is 3.44. The minimum absolute atomic E-state index is 0.299. The Hall–Kier alpha value is -1.72. The molecule has 21 heavy (non-hydrogen) atoms. The van der Waals surface area contributed by atoms with Gasteiger partial charge in [0.25, 0.3) is 0 Å². The van der Waals surface area contributed by atoms with E-state index in [1.807, 2.05) is 22.8 Å². The Morgan fingerprint density at radius 2 is 1.95 bits per heavy atom. The Labute approximate surface area is 130 Å². The fraction of sp³-hybridized carbons (Fsp3) is 0.188. The summed E-state index contributed by atoms with van der Waals surface area (Å²) in [7, 11) is 0. The summed E-state index contributed by atoms with van der Waals surface area (Å²) in [5.74, 6) is -0.299. The zero-order chi connectivity index (χ0) is 15.2. The highest BCUT2D eigenvalue weighted by atomic mass is 79.9. The maximum Gasteiger partial charge on any atom is 0.137 e. The largest absolute Gasteiger partial charge is 0.386 e. The lowest BCUT2D eigenvalue weighted by Crippen LogP contribution is -2.15. The summed E-state index contributed by atoms with van der Waals surface area (Å²) in [6, 6.07) is 10.5. The molecule has 108 valence electrons. The van der Waals surface area contributed by atoms with Gasteiger partial charge in [0, 0.05) is 5.69 Å². The van der Waals surface area contributed by atoms with E-state index in [1.165, 1.54) is 6.07 Å². The van der Waals surface area contributed by atoms with Gasteiger partial charge in [-0.15, -0.1) is 0 Å². The second-order valence-corrected chi connectivity index (χ2v) is 6.33. The number of hydrogen-bond acceptors (Lipinski definition) is 2. The van der Waals surface area contributed by atoms with Gasteiger partial charge in [-0.3, -0.25) is 4.57 Å². The first-order valence-electron chi connectivity index (χ1n) is 6.51. The predicted octanol–water partition coefficient (Wildman–Crippen LogP) is 4.15. The summed E-state index contributed by atoms with van der Waals surface area (Å²) in [6.07, 6.45) is 1.69. The number of rotatable bonds is 2. The summed E-state index contributed by atoms with van der Waals surface area (Å²) >= 11 is 3.19. The maximum atomic E-state index is 13.3. The molecule has 0 saturated heterocycles. The second-order valence-electron chi connectivity index (χ2n) is 5.48. The van der Waals surface area contributed by atoms with Gasteiger partial charge in [-0.1, -0.05) is 6.07 Å². The molecule has 0 aliphatic heterocycles. The topological polar surface area (TPSA) is 38.1 Å². The van der Waals surface area contributed by atoms with Crippen molar-refractivity contribution < 1.29 is 9.50 Å². The van der Waals surface area contributed by atoms with Crippen molar-refractivity contribution in [3.8, 4) is 5.69 Å². The van der Waals surface area contributed by atoms with E-state index in [4.69, 9.17) is 0 Å². The van der Waals surface area contributed by atoms with Crippen LogP contribution in [0.25, 0.3) is 16.7 Å². The first-order chi connectivity index (χ1) is 9.86. The molecule has 0 aliphatic carbocycles. The van der Waals surface area contributed by atoms with Crippen LogP contribution in [-0.4, -0.2) is 14.7 Å². The molecule has 3 nitrogen and oxygen atoms in total. The zero-order valence-corrected chi connectivity index (χ0v) is 13.2. The predicted molar refractivity (Wildman–Crippen MR) is 84.0 cm³/mol. The van der Waals surface area contributed by atoms with E-state index in [9.17, 15) is 9.50 Å². The van der Waals surface area contributed by atoms with E-state index in [0.29, 0.717) is 4.47 Å². The van der Waals surface area contributed by atoms with Crippen molar-refractivity contribution in [2.75, 3.05) is 0 Å². The van der Waals surface area contributed by atoms with E-state index in [2.05, 4.69) is 20.9 Å². The smallest absolute Gasteiger partial charge is 0.137 e. The molecule has 0 aliphatic rings. The molecule has 1 heterocycles. The van der Waals surface area contributed by atoms with Crippen molar-refractivity contribution in [2.24, 2.45) is 0 Å². The van der Waals surface area contributed by atoms with Crippen molar-refractivity contribution in [1.82, 2.24) is 9.55 Å². The number of halogens is 2. The average Bonchev–Trinajstić information content (AvgIpc) is 2.84. The van der Waals surface area contributed by atoms with Crippen molar-refractivity contribution >= 4 is 27.0 Å². The molecule has 1 aromatic heterocycles. The van der Waals surface area contributed by atoms with Crippen LogP contribution in [-0.2, 0) is 5.60 Å². The molecule has 0 radical (unpaired) electrons. The number of aliphatic hydroxyl groups is 1. The lowest BCUT2D eigenvalue weighted by atomic mass is 9.98. The molecule has 3 aromatic rings. The van der Waals surface area contributed by atoms with Gasteiger partial charge in [0.2, 0.25) is 0 Å². The fourth-order valence-electron chi connectivity index (χ4n) is 2.23. The van der Waals surface area contributed by atoms with E-state index in [1.54, 1.807) is 32.3 Å². The van der Waals surface area contributed by atoms with E-state index in [0.717, 1.165) is 22.3 Å². The summed E-state index contributed by atoms with van der Waals surface area (Å²) < 4.78 is 15.6. The SMILES string of the molecule is CC(C)(O)c1ccc2c(c1)ncn2-c1ccc(F)c(Br)c1. The summed E-state index contributed by atoms with van der Waals surface area (Å²) in [5.41, 5.74) is 2.41. The Balaban J connectivity index is 2.14. The summed E-state index contributed by atoms with van der Waals surface area (Å²) in [5, 5.41) is 10.1. The molecule has 0 spiro atoms. The van der Waals surface area contributed by atoms with Crippen molar-refractivity contribution in [2.45, 2.75) is 19.4 Å². The number of fused-ring (bicyclic) bond motifs is 1. The molecular formula is C16H14BrFN2O. The van der Waals surface area contributed by atoms with Crippen molar-refractivity contribution in [3.05, 3.63) is 58.6 Å². The van der Waals surface area contributed by atoms with Crippen LogP contribution in [0.2, 0.25) is 0 Å². The molecule has 0 bridgehead atoms. The van der Waals surface area contributed by atoms with Gasteiger partial charge in [0.15, 0.2) is 0 Å². The third kappa shape index (κ3) is 2.59. The summed E-state index contributed by atoms with van der Waals surface area (Å²) in [6.45, 7) is 3.48. The number of hydrogen-bond donors (Lipinski definition) is 1. The normalized spacial score (nSPS) is 12.0. The molecular weight excluding hydrogens is 335 g/mol. The lowest BCUT2D eigenvalue weighted by Gasteiger charge is -2.17. The number of benzene rings is 2. The Morgan fingerprint density at radius 3 is 2.62 bits per heavy atom. The van der Waals surface area contributed by atoms with Gasteiger partial charge >= 0.3 is 0 Å². The van der Waals surface area contributed by atoms with Crippen LogP contribution in [0.15, 0.2) is 47.2 Å². The molecule has 1 N–H and O–H groups in total. The standard InChI is InChI=1S/C16H14BrFN2O/c1-16(2,21)10-3-6-15-14(7-10)19-9-20(15)11-4-5-13(18)12(17)8-11/h3-9,21H,1-2H3. The zero-order valence-electron chi connectivity index (χ0n) is 11.6. The number of nitrogens with zero attached hydrogens (tertiary/aromatic N) is 2. The highest BCUT2D eigenvalue weighted by molar-refractivity contribution is 9.10. The van der Waals surface area contributed by atoms with Crippen LogP contribution in [0.3, 0.4) is 0 Å². The van der Waals surface area contributed by atoms with Crippen LogP contribution in [0.4, 0.5) is 4.39 Å². The van der Waals surface area contributed by atoms with Gasteiger partial charge in [-0.25, -0.2) is 9.37 Å². The van der Waals surface area contributed by atoms with E-state index >= 15 is 0 Å². The first kappa shape index (κ1) is 14.2. The Morgan fingerprint density at radius 1 is 1.19 bits per heavy atom. The molecule has 0 saturated carbocycles. The Bertz CT molecular complexity index is 821. The van der Waals surface area contributed by atoms with Crippen molar-refractivity contribution in [3.63, 3.8) is 0 Å². The Kier molecular flexibility index (Phi) is 3.34.